The standard InChI is InChI=1S/C11H12F3N7O2S2/c1-5-8(6(2)17-16-5)25(22,23)15-4-3-7-20-21-9(11(12,13)14)18-19-10(21)24-7/h15H,3-4H2,1-2H3,(H,16,17). The van der Waals surface area contributed by atoms with E-state index in [4.69, 9.17) is 0 Å². The topological polar surface area (TPSA) is 118 Å². The van der Waals surface area contributed by atoms with Crippen LogP contribution in [-0.2, 0) is 22.6 Å². The fourth-order valence-corrected chi connectivity index (χ4v) is 4.47. The highest BCUT2D eigenvalue weighted by atomic mass is 32.2. The molecule has 3 aromatic heterocycles. The van der Waals surface area contributed by atoms with E-state index < -0.39 is 22.0 Å². The first kappa shape index (κ1) is 17.8. The van der Waals surface area contributed by atoms with Gasteiger partial charge in [-0.1, -0.05) is 11.3 Å². The first-order valence-corrected chi connectivity index (χ1v) is 9.19. The van der Waals surface area contributed by atoms with Crippen LogP contribution in [0.25, 0.3) is 4.96 Å². The lowest BCUT2D eigenvalue weighted by Gasteiger charge is -2.05. The second-order valence-corrected chi connectivity index (χ2v) is 7.87. The number of aryl methyl sites for hydroxylation is 2. The van der Waals surface area contributed by atoms with Crippen LogP contribution in [0.2, 0.25) is 0 Å². The number of rotatable bonds is 5. The maximum absolute atomic E-state index is 12.7. The molecule has 3 rings (SSSR count). The van der Waals surface area contributed by atoms with Gasteiger partial charge in [0.25, 0.3) is 5.82 Å². The zero-order valence-corrected chi connectivity index (χ0v) is 14.6. The summed E-state index contributed by atoms with van der Waals surface area (Å²) in [6.07, 6.45) is -4.55. The van der Waals surface area contributed by atoms with Gasteiger partial charge in [-0.15, -0.1) is 10.2 Å². The average Bonchev–Trinajstić information content (AvgIpc) is 3.11. The van der Waals surface area contributed by atoms with Crippen LogP contribution in [0.4, 0.5) is 13.2 Å². The average molecular weight is 395 g/mol. The molecule has 0 fully saturated rings. The Bertz CT molecular complexity index is 999. The van der Waals surface area contributed by atoms with Gasteiger partial charge in [0.05, 0.1) is 11.4 Å². The Morgan fingerprint density at radius 3 is 2.60 bits per heavy atom. The van der Waals surface area contributed by atoms with Crippen LogP contribution in [-0.4, -0.2) is 45.0 Å². The van der Waals surface area contributed by atoms with Gasteiger partial charge in [-0.3, -0.25) is 5.10 Å². The third-order valence-corrected chi connectivity index (χ3v) is 5.93. The smallest absolute Gasteiger partial charge is 0.281 e. The zero-order chi connectivity index (χ0) is 18.4. The molecule has 0 saturated heterocycles. The summed E-state index contributed by atoms with van der Waals surface area (Å²) >= 11 is 0.913. The number of hydrogen-bond acceptors (Lipinski definition) is 7. The van der Waals surface area contributed by atoms with Gasteiger partial charge in [-0.05, 0) is 13.8 Å². The van der Waals surface area contributed by atoms with Crippen LogP contribution in [0, 0.1) is 13.8 Å². The van der Waals surface area contributed by atoms with Crippen molar-refractivity contribution in [2.24, 2.45) is 0 Å². The molecule has 0 unspecified atom stereocenters. The monoisotopic (exact) mass is 395 g/mol. The van der Waals surface area contributed by atoms with Crippen LogP contribution >= 0.6 is 11.3 Å². The second kappa shape index (κ2) is 6.03. The van der Waals surface area contributed by atoms with Crippen LogP contribution in [0.1, 0.15) is 22.2 Å². The molecule has 0 aliphatic carbocycles. The maximum atomic E-state index is 12.7. The summed E-state index contributed by atoms with van der Waals surface area (Å²) in [6, 6.07) is 0. The molecular formula is C11H12F3N7O2S2. The molecule has 9 nitrogen and oxygen atoms in total. The third-order valence-electron chi connectivity index (χ3n) is 3.25. The molecule has 3 heterocycles. The number of nitrogens with one attached hydrogen (secondary N) is 2. The minimum Gasteiger partial charge on any atom is -0.281 e. The summed E-state index contributed by atoms with van der Waals surface area (Å²) < 4.78 is 65.8. The Kier molecular flexibility index (Phi) is 4.28. The molecule has 0 atom stereocenters. The molecule has 0 bridgehead atoms. The largest absolute Gasteiger partial charge is 0.453 e. The molecule has 0 aromatic carbocycles. The lowest BCUT2D eigenvalue weighted by atomic mass is 10.4. The van der Waals surface area contributed by atoms with Crippen molar-refractivity contribution in [3.05, 3.63) is 22.2 Å². The van der Waals surface area contributed by atoms with Gasteiger partial charge in [0.15, 0.2) is 0 Å². The van der Waals surface area contributed by atoms with E-state index in [1.165, 1.54) is 0 Å². The molecule has 0 radical (unpaired) electrons. The van der Waals surface area contributed by atoms with Crippen LogP contribution in [0.15, 0.2) is 4.90 Å². The number of fused-ring (bicyclic) bond motifs is 1. The highest BCUT2D eigenvalue weighted by molar-refractivity contribution is 7.89. The quantitative estimate of drug-likeness (QED) is 0.667. The van der Waals surface area contributed by atoms with Crippen molar-refractivity contribution in [1.29, 1.82) is 0 Å². The molecule has 25 heavy (non-hydrogen) atoms. The lowest BCUT2D eigenvalue weighted by Crippen LogP contribution is -2.27. The molecular weight excluding hydrogens is 383 g/mol. The van der Waals surface area contributed by atoms with Crippen LogP contribution < -0.4 is 4.72 Å². The van der Waals surface area contributed by atoms with Gasteiger partial charge in [-0.2, -0.15) is 27.9 Å². The SMILES string of the molecule is Cc1n[nH]c(C)c1S(=O)(=O)NCCc1nn2c(C(F)(F)F)nnc2s1. The number of nitrogens with zero attached hydrogens (tertiary/aromatic N) is 5. The van der Waals surface area contributed by atoms with Crippen molar-refractivity contribution >= 4 is 26.3 Å². The zero-order valence-electron chi connectivity index (χ0n) is 12.9. The van der Waals surface area contributed by atoms with E-state index in [0.717, 1.165) is 11.3 Å². The molecule has 0 amide bonds. The Labute approximate surface area is 143 Å². The van der Waals surface area contributed by atoms with Crippen LogP contribution in [0.3, 0.4) is 0 Å². The van der Waals surface area contributed by atoms with Crippen molar-refractivity contribution in [2.45, 2.75) is 31.3 Å². The van der Waals surface area contributed by atoms with Gasteiger partial charge in [-0.25, -0.2) is 13.1 Å². The predicted molar refractivity (Wildman–Crippen MR) is 80.6 cm³/mol. The number of hydrogen-bond donors (Lipinski definition) is 2. The summed E-state index contributed by atoms with van der Waals surface area (Å²) in [6.45, 7) is 3.10. The summed E-state index contributed by atoms with van der Waals surface area (Å²) in [5.74, 6) is -1.21. The van der Waals surface area contributed by atoms with Crippen molar-refractivity contribution < 1.29 is 21.6 Å². The molecule has 0 saturated carbocycles. The van der Waals surface area contributed by atoms with E-state index in [1.807, 2.05) is 0 Å². The minimum absolute atomic E-state index is 0.00768. The van der Waals surface area contributed by atoms with Gasteiger partial charge in [0.1, 0.15) is 9.90 Å². The lowest BCUT2D eigenvalue weighted by molar-refractivity contribution is -0.146. The summed E-state index contributed by atoms with van der Waals surface area (Å²) in [4.78, 5) is 0.0525. The van der Waals surface area contributed by atoms with E-state index in [0.29, 0.717) is 20.9 Å². The predicted octanol–water partition coefficient (Wildman–Crippen LogP) is 1.07. The number of sulfonamides is 1. The Balaban J connectivity index is 1.72. The van der Waals surface area contributed by atoms with E-state index in [9.17, 15) is 21.6 Å². The number of aromatic nitrogens is 6. The maximum Gasteiger partial charge on any atom is 0.453 e. The van der Waals surface area contributed by atoms with Gasteiger partial charge < -0.3 is 0 Å². The first-order valence-electron chi connectivity index (χ1n) is 6.89. The van der Waals surface area contributed by atoms with Crippen molar-refractivity contribution in [1.82, 2.24) is 34.7 Å². The van der Waals surface area contributed by atoms with Crippen molar-refractivity contribution in [2.75, 3.05) is 6.54 Å². The summed E-state index contributed by atoms with van der Waals surface area (Å²) in [5, 5.41) is 17.0. The Morgan fingerprint density at radius 2 is 2.00 bits per heavy atom. The van der Waals surface area contributed by atoms with Crippen molar-refractivity contribution in [3.63, 3.8) is 0 Å². The first-order chi connectivity index (χ1) is 11.6. The van der Waals surface area contributed by atoms with E-state index >= 15 is 0 Å². The minimum atomic E-state index is -4.66. The number of alkyl halides is 3. The molecule has 2 N–H and O–H groups in total. The third kappa shape index (κ3) is 3.36. The molecule has 14 heteroatoms. The second-order valence-electron chi connectivity index (χ2n) is 5.12. The van der Waals surface area contributed by atoms with Crippen molar-refractivity contribution in [3.8, 4) is 0 Å². The number of halogens is 3. The van der Waals surface area contributed by atoms with E-state index in [2.05, 4.69) is 30.2 Å². The van der Waals surface area contributed by atoms with Crippen LogP contribution in [0.5, 0.6) is 0 Å². The Morgan fingerprint density at radius 1 is 1.28 bits per heavy atom. The number of H-pyrrole nitrogens is 1. The van der Waals surface area contributed by atoms with Gasteiger partial charge in [0.2, 0.25) is 15.0 Å². The highest BCUT2D eigenvalue weighted by Crippen LogP contribution is 2.29. The fourth-order valence-electron chi connectivity index (χ4n) is 2.24. The normalized spacial score (nSPS) is 13.0. The van der Waals surface area contributed by atoms with E-state index in [-0.39, 0.29) is 22.8 Å². The molecule has 0 aliphatic heterocycles. The fraction of sp³-hybridized carbons (Fsp3) is 0.455. The molecule has 3 aromatic rings. The molecule has 136 valence electrons. The van der Waals surface area contributed by atoms with Gasteiger partial charge >= 0.3 is 6.18 Å². The Hall–Kier alpha value is -2.06. The van der Waals surface area contributed by atoms with E-state index in [1.54, 1.807) is 13.8 Å². The summed E-state index contributed by atoms with van der Waals surface area (Å²) in [7, 11) is -3.78. The van der Waals surface area contributed by atoms with Gasteiger partial charge in [0, 0.05) is 13.0 Å². The molecule has 0 aliphatic rings. The molecule has 0 spiro atoms. The highest BCUT2D eigenvalue weighted by Gasteiger charge is 2.38. The summed E-state index contributed by atoms with van der Waals surface area (Å²) in [5.41, 5.74) is 0.734. The number of aromatic amines is 1.